The van der Waals surface area contributed by atoms with Crippen LogP contribution in [-0.2, 0) is 11.2 Å². The van der Waals surface area contributed by atoms with Crippen molar-refractivity contribution in [1.29, 1.82) is 0 Å². The molecule has 1 aliphatic rings. The molecule has 1 aliphatic heterocycles. The van der Waals surface area contributed by atoms with E-state index in [9.17, 15) is 4.79 Å². The van der Waals surface area contributed by atoms with Gasteiger partial charge in [0.05, 0.1) is 20.6 Å². The summed E-state index contributed by atoms with van der Waals surface area (Å²) in [6.45, 7) is 3.59. The van der Waals surface area contributed by atoms with Gasteiger partial charge in [0.1, 0.15) is 11.5 Å². The quantitative estimate of drug-likeness (QED) is 0.551. The highest BCUT2D eigenvalue weighted by Gasteiger charge is 2.25. The first-order chi connectivity index (χ1) is 15.6. The van der Waals surface area contributed by atoms with Gasteiger partial charge in [-0.2, -0.15) is 0 Å². The Morgan fingerprint density at radius 2 is 1.50 bits per heavy atom. The van der Waals surface area contributed by atoms with Crippen LogP contribution in [0, 0.1) is 6.92 Å². The fourth-order valence-corrected chi connectivity index (χ4v) is 4.31. The SMILES string of the molecule is COc1ccc(CC(=O)N2CCC(c3cc(-c4ccc(OC)cc4)cc(C)n3)CC2)cc1. The summed E-state index contributed by atoms with van der Waals surface area (Å²) in [7, 11) is 3.32. The second-order valence-corrected chi connectivity index (χ2v) is 8.33. The minimum Gasteiger partial charge on any atom is -0.497 e. The van der Waals surface area contributed by atoms with Gasteiger partial charge < -0.3 is 14.4 Å². The number of aromatic nitrogens is 1. The molecule has 0 N–H and O–H groups in total. The molecule has 0 radical (unpaired) electrons. The molecular formula is C27H30N2O3. The largest absolute Gasteiger partial charge is 0.497 e. The summed E-state index contributed by atoms with van der Waals surface area (Å²) in [5.74, 6) is 2.22. The Morgan fingerprint density at radius 3 is 2.09 bits per heavy atom. The molecule has 32 heavy (non-hydrogen) atoms. The number of carbonyl (C=O) groups excluding carboxylic acids is 1. The minimum atomic E-state index is 0.185. The number of carbonyl (C=O) groups is 1. The lowest BCUT2D eigenvalue weighted by molar-refractivity contribution is -0.131. The van der Waals surface area contributed by atoms with Crippen molar-refractivity contribution in [3.8, 4) is 22.6 Å². The standard InChI is InChI=1S/C27H30N2O3/c1-19-16-23(21-6-10-25(32-3)11-7-21)18-26(28-19)22-12-14-29(15-13-22)27(30)17-20-4-8-24(31-2)9-5-20/h4-11,16,18,22H,12-15,17H2,1-3H3. The lowest BCUT2D eigenvalue weighted by Gasteiger charge is -2.32. The van der Waals surface area contributed by atoms with Crippen LogP contribution in [0.2, 0.25) is 0 Å². The van der Waals surface area contributed by atoms with Gasteiger partial charge in [-0.25, -0.2) is 0 Å². The molecular weight excluding hydrogens is 400 g/mol. The van der Waals surface area contributed by atoms with E-state index < -0.39 is 0 Å². The summed E-state index contributed by atoms with van der Waals surface area (Å²) in [5, 5.41) is 0. The minimum absolute atomic E-state index is 0.185. The molecule has 2 heterocycles. The summed E-state index contributed by atoms with van der Waals surface area (Å²) < 4.78 is 10.5. The number of hydrogen-bond acceptors (Lipinski definition) is 4. The van der Waals surface area contributed by atoms with Gasteiger partial charge >= 0.3 is 0 Å². The van der Waals surface area contributed by atoms with E-state index in [-0.39, 0.29) is 5.91 Å². The fourth-order valence-electron chi connectivity index (χ4n) is 4.31. The van der Waals surface area contributed by atoms with Crippen molar-refractivity contribution in [1.82, 2.24) is 9.88 Å². The highest BCUT2D eigenvalue weighted by molar-refractivity contribution is 5.79. The number of benzene rings is 2. The number of ether oxygens (including phenoxy) is 2. The first-order valence-corrected chi connectivity index (χ1v) is 11.1. The van der Waals surface area contributed by atoms with E-state index in [1.807, 2.05) is 48.2 Å². The molecule has 0 bridgehead atoms. The lowest BCUT2D eigenvalue weighted by Crippen LogP contribution is -2.38. The molecule has 5 heteroatoms. The first-order valence-electron chi connectivity index (χ1n) is 11.1. The zero-order chi connectivity index (χ0) is 22.5. The second kappa shape index (κ2) is 9.86. The fraction of sp³-hybridized carbons (Fsp3) is 0.333. The highest BCUT2D eigenvalue weighted by Crippen LogP contribution is 2.31. The predicted molar refractivity (Wildman–Crippen MR) is 126 cm³/mol. The third-order valence-corrected chi connectivity index (χ3v) is 6.18. The van der Waals surface area contributed by atoms with Crippen molar-refractivity contribution in [3.05, 3.63) is 77.6 Å². The van der Waals surface area contributed by atoms with Gasteiger partial charge in [-0.3, -0.25) is 9.78 Å². The average Bonchev–Trinajstić information content (AvgIpc) is 2.84. The molecule has 1 saturated heterocycles. The van der Waals surface area contributed by atoms with E-state index >= 15 is 0 Å². The van der Waals surface area contributed by atoms with Crippen molar-refractivity contribution >= 4 is 5.91 Å². The van der Waals surface area contributed by atoms with E-state index in [0.717, 1.165) is 59.9 Å². The van der Waals surface area contributed by atoms with Gasteiger partial charge in [-0.1, -0.05) is 24.3 Å². The molecule has 0 atom stereocenters. The Morgan fingerprint density at radius 1 is 0.906 bits per heavy atom. The van der Waals surface area contributed by atoms with Crippen molar-refractivity contribution in [2.24, 2.45) is 0 Å². The lowest BCUT2D eigenvalue weighted by atomic mass is 9.91. The molecule has 3 aromatic rings. The number of amides is 1. The van der Waals surface area contributed by atoms with Gasteiger partial charge in [0.15, 0.2) is 0 Å². The summed E-state index contributed by atoms with van der Waals surface area (Å²) in [6, 6.07) is 20.2. The van der Waals surface area contributed by atoms with E-state index in [1.54, 1.807) is 14.2 Å². The molecule has 0 saturated carbocycles. The van der Waals surface area contributed by atoms with Crippen LogP contribution < -0.4 is 9.47 Å². The molecule has 1 aromatic heterocycles. The van der Waals surface area contributed by atoms with Crippen LogP contribution in [0.1, 0.15) is 35.7 Å². The van der Waals surface area contributed by atoms with Crippen molar-refractivity contribution in [2.75, 3.05) is 27.3 Å². The third kappa shape index (κ3) is 5.10. The smallest absolute Gasteiger partial charge is 0.226 e. The van der Waals surface area contributed by atoms with Crippen LogP contribution in [0.4, 0.5) is 0 Å². The third-order valence-electron chi connectivity index (χ3n) is 6.18. The predicted octanol–water partition coefficient (Wildman–Crippen LogP) is 5.02. The van der Waals surface area contributed by atoms with Crippen molar-refractivity contribution in [2.45, 2.75) is 32.1 Å². The van der Waals surface area contributed by atoms with Gasteiger partial charge in [0.2, 0.25) is 5.91 Å². The van der Waals surface area contributed by atoms with E-state index in [4.69, 9.17) is 14.5 Å². The summed E-state index contributed by atoms with van der Waals surface area (Å²) in [5.41, 5.74) is 5.49. The first kappa shape index (κ1) is 21.9. The Hall–Kier alpha value is -3.34. The Labute approximate surface area is 190 Å². The maximum atomic E-state index is 12.8. The van der Waals surface area contributed by atoms with Crippen molar-refractivity contribution in [3.63, 3.8) is 0 Å². The number of likely N-dealkylation sites (tertiary alicyclic amines) is 1. The van der Waals surface area contributed by atoms with Gasteiger partial charge in [-0.15, -0.1) is 0 Å². The highest BCUT2D eigenvalue weighted by atomic mass is 16.5. The van der Waals surface area contributed by atoms with Crippen LogP contribution in [0.3, 0.4) is 0 Å². The molecule has 0 aliphatic carbocycles. The number of methoxy groups -OCH3 is 2. The summed E-state index contributed by atoms with van der Waals surface area (Å²) in [4.78, 5) is 19.6. The van der Waals surface area contributed by atoms with Crippen LogP contribution in [0.15, 0.2) is 60.7 Å². The Bertz CT molecular complexity index is 1050. The van der Waals surface area contributed by atoms with Crippen LogP contribution in [-0.4, -0.2) is 43.1 Å². The molecule has 2 aromatic carbocycles. The summed E-state index contributed by atoms with van der Waals surface area (Å²) >= 11 is 0. The molecule has 4 rings (SSSR count). The number of pyridine rings is 1. The zero-order valence-electron chi connectivity index (χ0n) is 19.0. The molecule has 1 amide bonds. The van der Waals surface area contributed by atoms with Gasteiger partial charge in [0, 0.05) is 30.4 Å². The molecule has 5 nitrogen and oxygen atoms in total. The average molecular weight is 431 g/mol. The molecule has 0 spiro atoms. The topological polar surface area (TPSA) is 51.7 Å². The van der Waals surface area contributed by atoms with E-state index in [2.05, 4.69) is 24.3 Å². The number of piperidine rings is 1. The molecule has 166 valence electrons. The van der Waals surface area contributed by atoms with Gasteiger partial charge in [0.25, 0.3) is 0 Å². The zero-order valence-corrected chi connectivity index (χ0v) is 19.0. The summed E-state index contributed by atoms with van der Waals surface area (Å²) in [6.07, 6.45) is 2.30. The van der Waals surface area contributed by atoms with Gasteiger partial charge in [-0.05, 0) is 72.9 Å². The van der Waals surface area contributed by atoms with E-state index in [0.29, 0.717) is 12.3 Å². The molecule has 0 unspecified atom stereocenters. The molecule has 1 fully saturated rings. The van der Waals surface area contributed by atoms with Crippen LogP contribution >= 0.6 is 0 Å². The monoisotopic (exact) mass is 430 g/mol. The Kier molecular flexibility index (Phi) is 6.74. The van der Waals surface area contributed by atoms with Crippen molar-refractivity contribution < 1.29 is 14.3 Å². The second-order valence-electron chi connectivity index (χ2n) is 8.33. The number of nitrogens with zero attached hydrogens (tertiary/aromatic N) is 2. The normalized spacial score (nSPS) is 14.3. The number of rotatable bonds is 6. The maximum absolute atomic E-state index is 12.8. The van der Waals surface area contributed by atoms with E-state index in [1.165, 1.54) is 5.56 Å². The van der Waals surface area contributed by atoms with Crippen LogP contribution in [0.25, 0.3) is 11.1 Å². The maximum Gasteiger partial charge on any atom is 0.226 e. The van der Waals surface area contributed by atoms with Crippen LogP contribution in [0.5, 0.6) is 11.5 Å². The Balaban J connectivity index is 1.40. The number of hydrogen-bond donors (Lipinski definition) is 0. The number of aryl methyl sites for hydroxylation is 1.